The van der Waals surface area contributed by atoms with Crippen LogP contribution >= 0.6 is 0 Å². The molecule has 0 N–H and O–H groups in total. The number of hydrogen-bond donors (Lipinski definition) is 0. The van der Waals surface area contributed by atoms with Crippen molar-refractivity contribution in [3.05, 3.63) is 23.8 Å². The van der Waals surface area contributed by atoms with E-state index in [1.165, 1.54) is 0 Å². The van der Waals surface area contributed by atoms with Gasteiger partial charge < -0.3 is 18.9 Å². The molecule has 0 aliphatic carbocycles. The lowest BCUT2D eigenvalue weighted by Gasteiger charge is -2.10. The number of methoxy groups -OCH3 is 2. The summed E-state index contributed by atoms with van der Waals surface area (Å²) in [6.45, 7) is 2.28. The number of hydrogen-bond acceptors (Lipinski definition) is 5. The predicted octanol–water partition coefficient (Wildman–Crippen LogP) is 1.94. The van der Waals surface area contributed by atoms with Gasteiger partial charge in [-0.2, -0.15) is 0 Å². The summed E-state index contributed by atoms with van der Waals surface area (Å²) in [6.07, 6.45) is 1.51. The number of ether oxygens (including phenoxy) is 4. The summed E-state index contributed by atoms with van der Waals surface area (Å²) in [4.78, 5) is 10.9. The van der Waals surface area contributed by atoms with Crippen LogP contribution in [0.3, 0.4) is 0 Å². The maximum absolute atomic E-state index is 10.9. The first-order valence-electron chi connectivity index (χ1n) is 6.14. The van der Waals surface area contributed by atoms with E-state index < -0.39 is 0 Å². The zero-order chi connectivity index (χ0) is 13.9. The Balaban J connectivity index is 2.30. The molecule has 5 heteroatoms. The molecule has 0 fully saturated rings. The van der Waals surface area contributed by atoms with Gasteiger partial charge in [-0.3, -0.25) is 4.79 Å². The molecule has 0 atom stereocenters. The Labute approximate surface area is 113 Å². The maximum atomic E-state index is 10.9. The summed E-state index contributed by atoms with van der Waals surface area (Å²) >= 11 is 0. The van der Waals surface area contributed by atoms with Crippen LogP contribution in [0.25, 0.3) is 0 Å². The average Bonchev–Trinajstić information content (AvgIpc) is 2.46. The molecule has 5 nitrogen and oxygen atoms in total. The highest BCUT2D eigenvalue weighted by Crippen LogP contribution is 2.22. The Morgan fingerprint density at radius 2 is 1.95 bits per heavy atom. The second-order valence-corrected chi connectivity index (χ2v) is 3.83. The van der Waals surface area contributed by atoms with Gasteiger partial charge in [-0.05, 0) is 18.2 Å². The third-order valence-corrected chi connectivity index (χ3v) is 2.47. The smallest absolute Gasteiger partial charge is 0.153 e. The Morgan fingerprint density at radius 1 is 1.11 bits per heavy atom. The maximum Gasteiger partial charge on any atom is 0.153 e. The highest BCUT2D eigenvalue weighted by molar-refractivity contribution is 5.80. The molecule has 0 unspecified atom stereocenters. The molecule has 0 aromatic heterocycles. The summed E-state index contributed by atoms with van der Waals surface area (Å²) in [5.74, 6) is 1.20. The molecule has 0 radical (unpaired) electrons. The first kappa shape index (κ1) is 15.5. The standard InChI is InChI=1S/C14H20O5/c1-16-8-9-18-6-3-7-19-14-5-4-13(17-2)10-12(14)11-15/h4-5,10-11H,3,6-9H2,1-2H3. The van der Waals surface area contributed by atoms with Crippen LogP contribution in [0.5, 0.6) is 11.5 Å². The molecule has 1 rings (SSSR count). The van der Waals surface area contributed by atoms with Crippen molar-refractivity contribution in [2.24, 2.45) is 0 Å². The van der Waals surface area contributed by atoms with Crippen molar-refractivity contribution in [1.29, 1.82) is 0 Å². The van der Waals surface area contributed by atoms with Gasteiger partial charge >= 0.3 is 0 Å². The number of benzene rings is 1. The molecule has 0 aliphatic heterocycles. The van der Waals surface area contributed by atoms with Crippen LogP contribution in [0.15, 0.2) is 18.2 Å². The van der Waals surface area contributed by atoms with Crippen molar-refractivity contribution in [3.63, 3.8) is 0 Å². The number of aldehydes is 1. The lowest BCUT2D eigenvalue weighted by molar-refractivity contribution is 0.0644. The van der Waals surface area contributed by atoms with E-state index in [4.69, 9.17) is 18.9 Å². The van der Waals surface area contributed by atoms with Crippen LogP contribution in [-0.2, 0) is 9.47 Å². The molecule has 1 aromatic carbocycles. The molecule has 0 aliphatic rings. The van der Waals surface area contributed by atoms with Crippen molar-refractivity contribution < 1.29 is 23.7 Å². The Bertz CT molecular complexity index is 378. The summed E-state index contributed by atoms with van der Waals surface area (Å²) in [5.41, 5.74) is 0.486. The molecular weight excluding hydrogens is 248 g/mol. The fourth-order valence-electron chi connectivity index (χ4n) is 1.46. The minimum atomic E-state index is 0.486. The molecule has 0 heterocycles. The van der Waals surface area contributed by atoms with E-state index in [1.807, 2.05) is 0 Å². The van der Waals surface area contributed by atoms with Gasteiger partial charge in [0.1, 0.15) is 11.5 Å². The number of carbonyl (C=O) groups excluding carboxylic acids is 1. The van der Waals surface area contributed by atoms with Gasteiger partial charge in [-0.1, -0.05) is 0 Å². The van der Waals surface area contributed by atoms with Crippen LogP contribution in [-0.4, -0.2) is 46.9 Å². The largest absolute Gasteiger partial charge is 0.497 e. The fourth-order valence-corrected chi connectivity index (χ4v) is 1.46. The Morgan fingerprint density at radius 3 is 2.63 bits per heavy atom. The highest BCUT2D eigenvalue weighted by Gasteiger charge is 2.04. The Hall–Kier alpha value is -1.59. The van der Waals surface area contributed by atoms with Crippen LogP contribution in [0.4, 0.5) is 0 Å². The summed E-state index contributed by atoms with van der Waals surface area (Å²) in [5, 5.41) is 0. The van der Waals surface area contributed by atoms with E-state index in [0.29, 0.717) is 43.5 Å². The second-order valence-electron chi connectivity index (χ2n) is 3.83. The van der Waals surface area contributed by atoms with Crippen LogP contribution in [0.2, 0.25) is 0 Å². The SMILES string of the molecule is COCCOCCCOc1ccc(OC)cc1C=O. The molecule has 0 bridgehead atoms. The van der Waals surface area contributed by atoms with Gasteiger partial charge in [0.05, 0.1) is 32.5 Å². The van der Waals surface area contributed by atoms with E-state index >= 15 is 0 Å². The quantitative estimate of drug-likeness (QED) is 0.479. The molecule has 106 valence electrons. The lowest BCUT2D eigenvalue weighted by atomic mass is 10.2. The highest BCUT2D eigenvalue weighted by atomic mass is 16.5. The lowest BCUT2D eigenvalue weighted by Crippen LogP contribution is -2.07. The van der Waals surface area contributed by atoms with Gasteiger partial charge in [0.25, 0.3) is 0 Å². The van der Waals surface area contributed by atoms with E-state index in [2.05, 4.69) is 0 Å². The monoisotopic (exact) mass is 268 g/mol. The van der Waals surface area contributed by atoms with Crippen molar-refractivity contribution in [3.8, 4) is 11.5 Å². The summed E-state index contributed by atoms with van der Waals surface area (Å²) in [6, 6.07) is 5.14. The third-order valence-electron chi connectivity index (χ3n) is 2.47. The number of rotatable bonds is 10. The zero-order valence-electron chi connectivity index (χ0n) is 11.4. The molecule has 1 aromatic rings. The van der Waals surface area contributed by atoms with E-state index in [0.717, 1.165) is 12.7 Å². The van der Waals surface area contributed by atoms with Crippen molar-refractivity contribution in [1.82, 2.24) is 0 Å². The molecule has 0 saturated heterocycles. The van der Waals surface area contributed by atoms with Gasteiger partial charge in [-0.25, -0.2) is 0 Å². The molecule has 0 saturated carbocycles. The molecular formula is C14H20O5. The summed E-state index contributed by atoms with van der Waals surface area (Å²) in [7, 11) is 3.19. The van der Waals surface area contributed by atoms with E-state index in [-0.39, 0.29) is 0 Å². The van der Waals surface area contributed by atoms with E-state index in [9.17, 15) is 4.79 Å². The van der Waals surface area contributed by atoms with Gasteiger partial charge in [-0.15, -0.1) is 0 Å². The normalized spacial score (nSPS) is 10.2. The van der Waals surface area contributed by atoms with E-state index in [1.54, 1.807) is 32.4 Å². The first-order chi connectivity index (χ1) is 9.31. The average molecular weight is 268 g/mol. The molecule has 0 amide bonds. The topological polar surface area (TPSA) is 54.0 Å². The van der Waals surface area contributed by atoms with Crippen molar-refractivity contribution >= 4 is 6.29 Å². The fraction of sp³-hybridized carbons (Fsp3) is 0.500. The Kier molecular flexibility index (Phi) is 7.62. The van der Waals surface area contributed by atoms with Crippen LogP contribution < -0.4 is 9.47 Å². The molecule has 19 heavy (non-hydrogen) atoms. The predicted molar refractivity (Wildman–Crippen MR) is 71.2 cm³/mol. The summed E-state index contributed by atoms with van der Waals surface area (Å²) < 4.78 is 20.8. The van der Waals surface area contributed by atoms with Gasteiger partial charge in [0, 0.05) is 20.1 Å². The van der Waals surface area contributed by atoms with Crippen LogP contribution in [0.1, 0.15) is 16.8 Å². The van der Waals surface area contributed by atoms with Gasteiger partial charge in [0.15, 0.2) is 6.29 Å². The minimum absolute atomic E-state index is 0.486. The van der Waals surface area contributed by atoms with Crippen molar-refractivity contribution in [2.75, 3.05) is 40.6 Å². The third kappa shape index (κ3) is 5.72. The van der Waals surface area contributed by atoms with Crippen LogP contribution in [0, 0.1) is 0 Å². The number of carbonyl (C=O) groups is 1. The zero-order valence-corrected chi connectivity index (χ0v) is 11.4. The van der Waals surface area contributed by atoms with Crippen molar-refractivity contribution in [2.45, 2.75) is 6.42 Å². The van der Waals surface area contributed by atoms with Gasteiger partial charge in [0.2, 0.25) is 0 Å². The minimum Gasteiger partial charge on any atom is -0.497 e. The second kappa shape index (κ2) is 9.35. The first-order valence-corrected chi connectivity index (χ1v) is 6.14. The molecule has 0 spiro atoms.